The molecule has 0 fully saturated rings. The van der Waals surface area contributed by atoms with Gasteiger partial charge in [0.25, 0.3) is 0 Å². The molecule has 0 amide bonds. The second-order valence-electron chi connectivity index (χ2n) is 6.22. The van der Waals surface area contributed by atoms with Crippen molar-refractivity contribution < 1.29 is 0 Å². The summed E-state index contributed by atoms with van der Waals surface area (Å²) < 4.78 is 6.66. The molecule has 0 spiro atoms. The largest absolute Gasteiger partial charge is 0.254 e. The highest BCUT2D eigenvalue weighted by Gasteiger charge is 2.27. The van der Waals surface area contributed by atoms with E-state index in [1.54, 1.807) is 0 Å². The number of halogens is 1. The minimum Gasteiger partial charge on any atom is -0.254 e. The van der Waals surface area contributed by atoms with E-state index in [1.807, 2.05) is 0 Å². The van der Waals surface area contributed by atoms with Crippen LogP contribution in [0.3, 0.4) is 0 Å². The molecule has 0 saturated heterocycles. The highest BCUT2D eigenvalue weighted by atomic mass is 127. The number of hydrogen-bond acceptors (Lipinski definition) is 1. The molecule has 4 aromatic carbocycles. The summed E-state index contributed by atoms with van der Waals surface area (Å²) in [6, 6.07) is 40.6. The summed E-state index contributed by atoms with van der Waals surface area (Å²) in [7, 11) is -2.17. The van der Waals surface area contributed by atoms with Crippen molar-refractivity contribution in [1.82, 2.24) is 0 Å². The van der Waals surface area contributed by atoms with Gasteiger partial charge in [-0.05, 0) is 40.8 Å². The molecule has 0 aliphatic carbocycles. The van der Waals surface area contributed by atoms with E-state index in [0.29, 0.717) is 0 Å². The van der Waals surface area contributed by atoms with E-state index in [1.165, 1.54) is 19.5 Å². The molecule has 0 aliphatic heterocycles. The van der Waals surface area contributed by atoms with Crippen molar-refractivity contribution in [3.05, 3.63) is 119 Å². The molecule has 0 saturated carbocycles. The lowest BCUT2D eigenvalue weighted by Crippen LogP contribution is -2.25. The molecule has 27 heavy (non-hydrogen) atoms. The molecule has 0 radical (unpaired) electrons. The molecular weight excluding hydrogens is 460 g/mol. The van der Waals surface area contributed by atoms with Gasteiger partial charge in [-0.25, -0.2) is 0 Å². The van der Waals surface area contributed by atoms with E-state index >= 15 is 0 Å². The van der Waals surface area contributed by atoms with Gasteiger partial charge in [0.15, 0.2) is 0 Å². The molecule has 132 valence electrons. The second-order valence-corrected chi connectivity index (χ2v) is 10.5. The van der Waals surface area contributed by atoms with Gasteiger partial charge in [-0.2, -0.15) is 0 Å². The zero-order chi connectivity index (χ0) is 18.5. The summed E-state index contributed by atoms with van der Waals surface area (Å²) in [4.78, 5) is 0. The van der Waals surface area contributed by atoms with Crippen LogP contribution < -0.4 is 15.9 Å². The lowest BCUT2D eigenvalue weighted by atomic mass is 10.3. The number of rotatable bonds is 4. The van der Waals surface area contributed by atoms with E-state index in [2.05, 4.69) is 138 Å². The molecule has 4 rings (SSSR count). The Balaban J connectivity index is 2.13. The Labute approximate surface area is 174 Å². The van der Waals surface area contributed by atoms with Crippen LogP contribution in [0.1, 0.15) is 0 Å². The SMILES string of the molecule is Ic1cccc(N=P(c2ccccc2)(c2ccccc2)c2ccccc2)c1. The average molecular weight is 479 g/mol. The fourth-order valence-corrected chi connectivity index (χ4v) is 7.31. The van der Waals surface area contributed by atoms with E-state index in [-0.39, 0.29) is 0 Å². The van der Waals surface area contributed by atoms with Crippen LogP contribution >= 0.6 is 29.6 Å². The molecule has 4 aromatic rings. The first-order valence-electron chi connectivity index (χ1n) is 8.84. The fraction of sp³-hybridized carbons (Fsp3) is 0. The molecule has 0 aliphatic rings. The average Bonchev–Trinajstić information content (AvgIpc) is 2.74. The second kappa shape index (κ2) is 8.24. The van der Waals surface area contributed by atoms with Crippen LogP contribution in [0.15, 0.2) is 120 Å². The molecule has 0 aromatic heterocycles. The summed E-state index contributed by atoms with van der Waals surface area (Å²) in [5.74, 6) is 0. The summed E-state index contributed by atoms with van der Waals surface area (Å²) in [5.41, 5.74) is 1.02. The highest BCUT2D eigenvalue weighted by Crippen LogP contribution is 2.49. The third kappa shape index (κ3) is 3.78. The Morgan fingerprint density at radius 2 is 0.963 bits per heavy atom. The maximum atomic E-state index is 5.47. The molecule has 3 heteroatoms. The lowest BCUT2D eigenvalue weighted by molar-refractivity contribution is 1.52. The topological polar surface area (TPSA) is 12.4 Å². The third-order valence-electron chi connectivity index (χ3n) is 4.46. The van der Waals surface area contributed by atoms with Gasteiger partial charge in [0.05, 0.1) is 12.7 Å². The van der Waals surface area contributed by atoms with E-state index in [9.17, 15) is 0 Å². The van der Waals surface area contributed by atoms with Gasteiger partial charge in [-0.15, -0.1) is 0 Å². The normalized spacial score (nSPS) is 11.1. The summed E-state index contributed by atoms with van der Waals surface area (Å²) in [5, 5.41) is 3.80. The molecule has 0 N–H and O–H groups in total. The van der Waals surface area contributed by atoms with Crippen molar-refractivity contribution in [3.63, 3.8) is 0 Å². The van der Waals surface area contributed by atoms with Crippen molar-refractivity contribution in [1.29, 1.82) is 0 Å². The van der Waals surface area contributed by atoms with Crippen molar-refractivity contribution in [2.45, 2.75) is 0 Å². The summed E-state index contributed by atoms with van der Waals surface area (Å²) in [6.07, 6.45) is 0. The van der Waals surface area contributed by atoms with Gasteiger partial charge < -0.3 is 0 Å². The smallest absolute Gasteiger partial charge is 0.0635 e. The van der Waals surface area contributed by atoms with Crippen LogP contribution in [0.25, 0.3) is 0 Å². The zero-order valence-electron chi connectivity index (χ0n) is 14.7. The standard InChI is InChI=1S/C24H19INP/c25-20-11-10-12-21(19-20)26-27(22-13-4-1-5-14-22,23-15-6-2-7-16-23)24-17-8-3-9-18-24/h1-19H. The van der Waals surface area contributed by atoms with Crippen LogP contribution in [0.2, 0.25) is 0 Å². The molecule has 0 heterocycles. The minimum atomic E-state index is -2.17. The van der Waals surface area contributed by atoms with E-state index in [0.717, 1.165) is 5.69 Å². The number of benzene rings is 4. The lowest BCUT2D eigenvalue weighted by Gasteiger charge is -2.27. The van der Waals surface area contributed by atoms with Crippen LogP contribution in [-0.2, 0) is 0 Å². The Bertz CT molecular complexity index is 973. The molecule has 1 nitrogen and oxygen atoms in total. The Hall–Kier alpha value is -2.16. The van der Waals surface area contributed by atoms with Gasteiger partial charge in [0.1, 0.15) is 0 Å². The summed E-state index contributed by atoms with van der Waals surface area (Å²) >= 11 is 2.35. The monoisotopic (exact) mass is 479 g/mol. The van der Waals surface area contributed by atoms with Gasteiger partial charge >= 0.3 is 0 Å². The van der Waals surface area contributed by atoms with Crippen LogP contribution in [0, 0.1) is 3.57 Å². The van der Waals surface area contributed by atoms with Gasteiger partial charge in [0.2, 0.25) is 0 Å². The van der Waals surface area contributed by atoms with Gasteiger partial charge in [-0.1, -0.05) is 97.1 Å². The van der Waals surface area contributed by atoms with E-state index < -0.39 is 7.05 Å². The van der Waals surface area contributed by atoms with Gasteiger partial charge in [-0.3, -0.25) is 4.74 Å². The maximum absolute atomic E-state index is 5.47. The number of hydrogen-bond donors (Lipinski definition) is 0. The van der Waals surface area contributed by atoms with Gasteiger partial charge in [0, 0.05) is 19.5 Å². The van der Waals surface area contributed by atoms with Crippen molar-refractivity contribution in [2.24, 2.45) is 4.74 Å². The quantitative estimate of drug-likeness (QED) is 0.248. The van der Waals surface area contributed by atoms with Crippen molar-refractivity contribution in [3.8, 4) is 0 Å². The Morgan fingerprint density at radius 1 is 0.519 bits per heavy atom. The van der Waals surface area contributed by atoms with Crippen LogP contribution in [0.4, 0.5) is 5.69 Å². The predicted octanol–water partition coefficient (Wildman–Crippen LogP) is 6.10. The predicted molar refractivity (Wildman–Crippen MR) is 126 cm³/mol. The molecule has 0 bridgehead atoms. The molecular formula is C24H19INP. The first kappa shape index (κ1) is 18.2. The summed E-state index contributed by atoms with van der Waals surface area (Å²) in [6.45, 7) is 0. The first-order chi connectivity index (χ1) is 13.3. The van der Waals surface area contributed by atoms with Crippen molar-refractivity contribution >= 4 is 51.2 Å². The zero-order valence-corrected chi connectivity index (χ0v) is 17.8. The van der Waals surface area contributed by atoms with Crippen molar-refractivity contribution in [2.75, 3.05) is 0 Å². The maximum Gasteiger partial charge on any atom is 0.0635 e. The number of nitrogens with zero attached hydrogens (tertiary/aromatic N) is 1. The fourth-order valence-electron chi connectivity index (χ4n) is 3.26. The first-order valence-corrected chi connectivity index (χ1v) is 11.7. The third-order valence-corrected chi connectivity index (χ3v) is 8.80. The van der Waals surface area contributed by atoms with Crippen LogP contribution in [0.5, 0.6) is 0 Å². The highest BCUT2D eigenvalue weighted by molar-refractivity contribution is 14.1. The Kier molecular flexibility index (Phi) is 5.56. The van der Waals surface area contributed by atoms with Crippen LogP contribution in [-0.4, -0.2) is 0 Å². The van der Waals surface area contributed by atoms with E-state index in [4.69, 9.17) is 4.74 Å². The minimum absolute atomic E-state index is 1.02. The molecule has 0 atom stereocenters. The molecule has 0 unspecified atom stereocenters. The Morgan fingerprint density at radius 3 is 1.37 bits per heavy atom.